The highest BCUT2D eigenvalue weighted by Crippen LogP contribution is 2.37. The first kappa shape index (κ1) is 13.8. The molecular formula is C19H17N3O. The second-order valence-electron chi connectivity index (χ2n) is 5.91. The lowest BCUT2D eigenvalue weighted by atomic mass is 9.87. The Kier molecular flexibility index (Phi) is 3.23. The van der Waals surface area contributed by atoms with Gasteiger partial charge >= 0.3 is 0 Å². The summed E-state index contributed by atoms with van der Waals surface area (Å²) in [5, 5.41) is 7.49. The van der Waals surface area contributed by atoms with Crippen molar-refractivity contribution < 1.29 is 4.79 Å². The maximum Gasteiger partial charge on any atom is 0.226 e. The molecule has 4 heteroatoms. The van der Waals surface area contributed by atoms with E-state index < -0.39 is 0 Å². The van der Waals surface area contributed by atoms with Crippen LogP contribution in [0, 0.1) is 6.92 Å². The lowest BCUT2D eigenvalue weighted by molar-refractivity contribution is -0.116. The predicted molar refractivity (Wildman–Crippen MR) is 89.8 cm³/mol. The van der Waals surface area contributed by atoms with Crippen LogP contribution in [-0.4, -0.2) is 15.7 Å². The summed E-state index contributed by atoms with van der Waals surface area (Å²) in [5.74, 6) is 0.860. The molecule has 2 aromatic carbocycles. The molecular weight excluding hydrogens is 286 g/mol. The van der Waals surface area contributed by atoms with Crippen LogP contribution in [0.3, 0.4) is 0 Å². The molecule has 23 heavy (non-hydrogen) atoms. The summed E-state index contributed by atoms with van der Waals surface area (Å²) in [4.78, 5) is 12.2. The maximum absolute atomic E-state index is 12.2. The number of carbonyl (C=O) groups excluding carboxylic acids is 1. The van der Waals surface area contributed by atoms with Crippen LogP contribution in [0.2, 0.25) is 0 Å². The quantitative estimate of drug-likeness (QED) is 0.785. The van der Waals surface area contributed by atoms with Gasteiger partial charge in [-0.3, -0.25) is 4.79 Å². The molecule has 0 fully saturated rings. The number of nitrogens with zero attached hydrogens (tertiary/aromatic N) is 2. The molecule has 4 nitrogen and oxygen atoms in total. The van der Waals surface area contributed by atoms with E-state index >= 15 is 0 Å². The third kappa shape index (κ3) is 2.42. The van der Waals surface area contributed by atoms with Crippen molar-refractivity contribution in [2.75, 3.05) is 5.32 Å². The van der Waals surface area contributed by atoms with Crippen molar-refractivity contribution in [1.82, 2.24) is 9.78 Å². The molecule has 0 saturated carbocycles. The Hall–Kier alpha value is -2.88. The molecule has 2 heterocycles. The van der Waals surface area contributed by atoms with Crippen molar-refractivity contribution in [3.63, 3.8) is 0 Å². The number of hydrogen-bond acceptors (Lipinski definition) is 2. The molecule has 1 aromatic heterocycles. The van der Waals surface area contributed by atoms with Gasteiger partial charge in [-0.15, -0.1) is 0 Å². The topological polar surface area (TPSA) is 46.9 Å². The van der Waals surface area contributed by atoms with Crippen LogP contribution < -0.4 is 5.32 Å². The Bertz CT molecular complexity index is 850. The van der Waals surface area contributed by atoms with Gasteiger partial charge in [-0.2, -0.15) is 5.10 Å². The normalized spacial score (nSPS) is 16.7. The summed E-state index contributed by atoms with van der Waals surface area (Å²) in [5.41, 5.74) is 4.36. The van der Waals surface area contributed by atoms with E-state index in [4.69, 9.17) is 0 Å². The lowest BCUT2D eigenvalue weighted by Gasteiger charge is -2.23. The summed E-state index contributed by atoms with van der Waals surface area (Å²) in [6.07, 6.45) is 2.32. The summed E-state index contributed by atoms with van der Waals surface area (Å²) >= 11 is 0. The first-order valence-electron chi connectivity index (χ1n) is 7.72. The molecule has 4 rings (SSSR count). The second kappa shape index (κ2) is 5.39. The molecule has 0 aliphatic carbocycles. The van der Waals surface area contributed by atoms with E-state index in [2.05, 4.69) is 29.5 Å². The Morgan fingerprint density at radius 2 is 1.83 bits per heavy atom. The summed E-state index contributed by atoms with van der Waals surface area (Å²) < 4.78 is 1.81. The second-order valence-corrected chi connectivity index (χ2v) is 5.91. The van der Waals surface area contributed by atoms with Gasteiger partial charge in [0.25, 0.3) is 0 Å². The highest BCUT2D eigenvalue weighted by molar-refractivity contribution is 5.94. The van der Waals surface area contributed by atoms with Crippen molar-refractivity contribution in [2.24, 2.45) is 0 Å². The van der Waals surface area contributed by atoms with Crippen LogP contribution in [0.1, 0.15) is 29.0 Å². The van der Waals surface area contributed by atoms with E-state index in [0.29, 0.717) is 6.42 Å². The lowest BCUT2D eigenvalue weighted by Crippen LogP contribution is -2.24. The third-order valence-electron chi connectivity index (χ3n) is 4.30. The Morgan fingerprint density at radius 1 is 1.09 bits per heavy atom. The first-order valence-corrected chi connectivity index (χ1v) is 7.72. The molecule has 1 N–H and O–H groups in total. The molecule has 0 unspecified atom stereocenters. The molecule has 1 aliphatic heterocycles. The van der Waals surface area contributed by atoms with Crippen LogP contribution in [0.25, 0.3) is 5.69 Å². The fourth-order valence-electron chi connectivity index (χ4n) is 3.08. The smallest absolute Gasteiger partial charge is 0.226 e. The molecule has 114 valence electrons. The van der Waals surface area contributed by atoms with Crippen LogP contribution in [-0.2, 0) is 4.79 Å². The monoisotopic (exact) mass is 303 g/mol. The predicted octanol–water partition coefficient (Wildman–Crippen LogP) is 3.65. The molecule has 1 atom stereocenters. The van der Waals surface area contributed by atoms with Gasteiger partial charge in [-0.05, 0) is 24.6 Å². The minimum absolute atomic E-state index is 0.0280. The van der Waals surface area contributed by atoms with Crippen LogP contribution in [0.5, 0.6) is 0 Å². The van der Waals surface area contributed by atoms with E-state index in [1.54, 1.807) is 0 Å². The summed E-state index contributed by atoms with van der Waals surface area (Å²) in [7, 11) is 0. The van der Waals surface area contributed by atoms with Gasteiger partial charge in [0.15, 0.2) is 0 Å². The van der Waals surface area contributed by atoms with Gasteiger partial charge in [0, 0.05) is 17.9 Å². The van der Waals surface area contributed by atoms with Gasteiger partial charge in [-0.1, -0.05) is 48.0 Å². The van der Waals surface area contributed by atoms with Gasteiger partial charge < -0.3 is 5.32 Å². The molecule has 0 radical (unpaired) electrons. The fourth-order valence-corrected chi connectivity index (χ4v) is 3.08. The third-order valence-corrected chi connectivity index (χ3v) is 4.30. The SMILES string of the molecule is Cc1ccc(-n2ncc3c2NC(=O)C[C@H]3c2ccccc2)cc1. The number of hydrogen-bond donors (Lipinski definition) is 1. The van der Waals surface area contributed by atoms with Crippen molar-refractivity contribution in [3.8, 4) is 5.69 Å². The highest BCUT2D eigenvalue weighted by Gasteiger charge is 2.30. The van der Waals surface area contributed by atoms with Gasteiger partial charge in [0.1, 0.15) is 5.82 Å². The van der Waals surface area contributed by atoms with Crippen LogP contribution in [0.4, 0.5) is 5.82 Å². The van der Waals surface area contributed by atoms with E-state index in [1.165, 1.54) is 5.56 Å². The minimum Gasteiger partial charge on any atom is -0.310 e. The molecule has 1 aliphatic rings. The van der Waals surface area contributed by atoms with Crippen LogP contribution >= 0.6 is 0 Å². The van der Waals surface area contributed by atoms with E-state index in [-0.39, 0.29) is 11.8 Å². The number of carbonyl (C=O) groups is 1. The zero-order valence-electron chi connectivity index (χ0n) is 12.9. The van der Waals surface area contributed by atoms with Crippen molar-refractivity contribution in [3.05, 3.63) is 77.5 Å². The number of aryl methyl sites for hydroxylation is 1. The summed E-state index contributed by atoms with van der Waals surface area (Å²) in [6.45, 7) is 2.05. The molecule has 0 bridgehead atoms. The van der Waals surface area contributed by atoms with E-state index in [0.717, 1.165) is 22.6 Å². The number of amides is 1. The zero-order chi connectivity index (χ0) is 15.8. The van der Waals surface area contributed by atoms with Crippen molar-refractivity contribution >= 4 is 11.7 Å². The fraction of sp³-hybridized carbons (Fsp3) is 0.158. The maximum atomic E-state index is 12.2. The minimum atomic E-state index is 0.0280. The van der Waals surface area contributed by atoms with E-state index in [1.807, 2.05) is 53.3 Å². The average molecular weight is 303 g/mol. The van der Waals surface area contributed by atoms with Gasteiger partial charge in [0.2, 0.25) is 5.91 Å². The number of rotatable bonds is 2. The molecule has 1 amide bonds. The van der Waals surface area contributed by atoms with E-state index in [9.17, 15) is 4.79 Å². The Labute approximate surface area is 134 Å². The Morgan fingerprint density at radius 3 is 2.57 bits per heavy atom. The largest absolute Gasteiger partial charge is 0.310 e. The van der Waals surface area contributed by atoms with Crippen molar-refractivity contribution in [2.45, 2.75) is 19.3 Å². The van der Waals surface area contributed by atoms with Crippen LogP contribution in [0.15, 0.2) is 60.8 Å². The molecule has 3 aromatic rings. The van der Waals surface area contributed by atoms with Gasteiger partial charge in [-0.25, -0.2) is 4.68 Å². The number of anilines is 1. The zero-order valence-corrected chi connectivity index (χ0v) is 12.9. The number of nitrogens with one attached hydrogen (secondary N) is 1. The summed E-state index contributed by atoms with van der Waals surface area (Å²) in [6, 6.07) is 18.3. The highest BCUT2D eigenvalue weighted by atomic mass is 16.1. The standard InChI is InChI=1S/C19H17N3O/c1-13-7-9-15(10-8-13)22-19-17(12-20-22)16(11-18(23)21-19)14-5-3-2-4-6-14/h2-10,12,16H,11H2,1H3,(H,21,23)/t16-/m0/s1. The Balaban J connectivity index is 1.81. The first-order chi connectivity index (χ1) is 11.2. The number of fused-ring (bicyclic) bond motifs is 1. The molecule has 0 saturated heterocycles. The van der Waals surface area contributed by atoms with Crippen molar-refractivity contribution in [1.29, 1.82) is 0 Å². The average Bonchev–Trinajstić information content (AvgIpc) is 2.99. The molecule has 0 spiro atoms. The van der Waals surface area contributed by atoms with Gasteiger partial charge in [0.05, 0.1) is 11.9 Å². The number of benzene rings is 2. The number of aromatic nitrogens is 2.